The summed E-state index contributed by atoms with van der Waals surface area (Å²) < 4.78 is 10.8. The average Bonchev–Trinajstić information content (AvgIpc) is 2.86. The molecule has 124 valence electrons. The Bertz CT molecular complexity index is 692. The average molecular weight is 333 g/mol. The van der Waals surface area contributed by atoms with E-state index in [0.717, 1.165) is 10.8 Å². The number of nitrogens with zero attached hydrogens (tertiary/aromatic N) is 1. The van der Waals surface area contributed by atoms with Gasteiger partial charge in [0.2, 0.25) is 0 Å². The van der Waals surface area contributed by atoms with E-state index in [-0.39, 0.29) is 5.97 Å². The highest BCUT2D eigenvalue weighted by molar-refractivity contribution is 7.13. The second-order valence-corrected chi connectivity index (χ2v) is 6.79. The molecule has 0 spiro atoms. The van der Waals surface area contributed by atoms with Crippen molar-refractivity contribution >= 4 is 17.3 Å². The first-order valence-corrected chi connectivity index (χ1v) is 8.60. The fourth-order valence-electron chi connectivity index (χ4n) is 2.43. The minimum atomic E-state index is -0.314. The van der Waals surface area contributed by atoms with Crippen molar-refractivity contribution in [3.8, 4) is 5.75 Å². The smallest absolute Gasteiger partial charge is 0.350 e. The van der Waals surface area contributed by atoms with Gasteiger partial charge in [0.15, 0.2) is 0 Å². The third kappa shape index (κ3) is 4.32. The molecule has 0 fully saturated rings. The molecular formula is C18H23NO3S. The number of carbonyl (C=O) groups excluding carboxylic acids is 1. The minimum Gasteiger partial charge on any atom is -0.486 e. The lowest BCUT2D eigenvalue weighted by molar-refractivity contribution is 0.0531. The van der Waals surface area contributed by atoms with Crippen LogP contribution in [0.2, 0.25) is 0 Å². The van der Waals surface area contributed by atoms with Gasteiger partial charge in [0.1, 0.15) is 22.2 Å². The van der Waals surface area contributed by atoms with Crippen molar-refractivity contribution in [3.05, 3.63) is 44.9 Å². The SMILES string of the molecule is CCOC(=O)c1sc(COc2ccc(C(C)C)c(C)c2)nc1C. The number of hydrogen-bond donors (Lipinski definition) is 0. The summed E-state index contributed by atoms with van der Waals surface area (Å²) in [5, 5.41) is 0.774. The van der Waals surface area contributed by atoms with Gasteiger partial charge in [0.05, 0.1) is 12.3 Å². The summed E-state index contributed by atoms with van der Waals surface area (Å²) in [5.41, 5.74) is 3.24. The maximum absolute atomic E-state index is 11.8. The van der Waals surface area contributed by atoms with E-state index in [1.807, 2.05) is 19.1 Å². The van der Waals surface area contributed by atoms with E-state index in [0.29, 0.717) is 29.7 Å². The summed E-state index contributed by atoms with van der Waals surface area (Å²) in [5.74, 6) is 1.00. The third-order valence-electron chi connectivity index (χ3n) is 3.53. The monoisotopic (exact) mass is 333 g/mol. The van der Waals surface area contributed by atoms with Crippen molar-refractivity contribution in [1.82, 2.24) is 4.98 Å². The number of aryl methyl sites for hydroxylation is 2. The van der Waals surface area contributed by atoms with Crippen LogP contribution >= 0.6 is 11.3 Å². The van der Waals surface area contributed by atoms with E-state index < -0.39 is 0 Å². The van der Waals surface area contributed by atoms with Gasteiger partial charge in [-0.1, -0.05) is 19.9 Å². The Hall–Kier alpha value is -1.88. The maximum atomic E-state index is 11.8. The predicted molar refractivity (Wildman–Crippen MR) is 92.4 cm³/mol. The molecule has 0 radical (unpaired) electrons. The van der Waals surface area contributed by atoms with Crippen LogP contribution in [0.25, 0.3) is 0 Å². The van der Waals surface area contributed by atoms with Gasteiger partial charge in [-0.05, 0) is 49.9 Å². The number of thiazole rings is 1. The van der Waals surface area contributed by atoms with Crippen LogP contribution in [-0.2, 0) is 11.3 Å². The molecule has 2 rings (SSSR count). The molecule has 0 unspecified atom stereocenters. The molecule has 0 saturated heterocycles. The zero-order valence-corrected chi connectivity index (χ0v) is 15.1. The number of ether oxygens (including phenoxy) is 2. The molecule has 2 aromatic rings. The molecule has 5 heteroatoms. The van der Waals surface area contributed by atoms with Crippen LogP contribution in [0.15, 0.2) is 18.2 Å². The fraction of sp³-hybridized carbons (Fsp3) is 0.444. The zero-order valence-electron chi connectivity index (χ0n) is 14.3. The van der Waals surface area contributed by atoms with Crippen LogP contribution in [0.4, 0.5) is 0 Å². The number of esters is 1. The van der Waals surface area contributed by atoms with Crippen molar-refractivity contribution in [3.63, 3.8) is 0 Å². The molecule has 0 aliphatic heterocycles. The highest BCUT2D eigenvalue weighted by Crippen LogP contribution is 2.25. The van der Waals surface area contributed by atoms with Gasteiger partial charge < -0.3 is 9.47 Å². The van der Waals surface area contributed by atoms with E-state index in [4.69, 9.17) is 9.47 Å². The first kappa shape index (κ1) is 17.5. The first-order valence-electron chi connectivity index (χ1n) is 7.79. The Kier molecular flexibility index (Phi) is 5.77. The molecule has 4 nitrogen and oxygen atoms in total. The lowest BCUT2D eigenvalue weighted by atomic mass is 9.98. The number of carbonyl (C=O) groups is 1. The Labute approximate surface area is 141 Å². The highest BCUT2D eigenvalue weighted by atomic mass is 32.1. The van der Waals surface area contributed by atoms with Gasteiger partial charge in [0.25, 0.3) is 0 Å². The predicted octanol–water partition coefficient (Wildman–Crippen LogP) is 4.64. The highest BCUT2D eigenvalue weighted by Gasteiger charge is 2.16. The molecule has 23 heavy (non-hydrogen) atoms. The summed E-state index contributed by atoms with van der Waals surface area (Å²) in [6.45, 7) is 10.8. The molecule has 0 atom stereocenters. The lowest BCUT2D eigenvalue weighted by Crippen LogP contribution is -2.03. The number of rotatable bonds is 6. The van der Waals surface area contributed by atoms with Crippen LogP contribution in [0, 0.1) is 13.8 Å². The van der Waals surface area contributed by atoms with Crippen molar-refractivity contribution in [1.29, 1.82) is 0 Å². The topological polar surface area (TPSA) is 48.4 Å². The van der Waals surface area contributed by atoms with Gasteiger partial charge in [-0.2, -0.15) is 0 Å². The van der Waals surface area contributed by atoms with E-state index in [1.54, 1.807) is 6.92 Å². The van der Waals surface area contributed by atoms with Crippen LogP contribution in [-0.4, -0.2) is 17.6 Å². The zero-order chi connectivity index (χ0) is 17.0. The lowest BCUT2D eigenvalue weighted by Gasteiger charge is -2.11. The molecule has 1 heterocycles. The van der Waals surface area contributed by atoms with Crippen molar-refractivity contribution in [2.24, 2.45) is 0 Å². The standard InChI is InChI=1S/C18H23NO3S/c1-6-21-18(20)17-13(5)19-16(23-17)10-22-14-7-8-15(11(2)3)12(4)9-14/h7-9,11H,6,10H2,1-5H3. The number of benzene rings is 1. The molecule has 0 amide bonds. The van der Waals surface area contributed by atoms with Crippen molar-refractivity contribution in [2.75, 3.05) is 6.61 Å². The Morgan fingerprint density at radius 3 is 2.65 bits per heavy atom. The second-order valence-electron chi connectivity index (χ2n) is 5.70. The van der Waals surface area contributed by atoms with Gasteiger partial charge >= 0.3 is 5.97 Å². The van der Waals surface area contributed by atoms with Crippen LogP contribution in [0.5, 0.6) is 5.75 Å². The molecule has 0 N–H and O–H groups in total. The second kappa shape index (κ2) is 7.59. The van der Waals surface area contributed by atoms with Crippen LogP contribution in [0.3, 0.4) is 0 Å². The summed E-state index contributed by atoms with van der Waals surface area (Å²) in [7, 11) is 0. The summed E-state index contributed by atoms with van der Waals surface area (Å²) in [6, 6.07) is 6.13. The minimum absolute atomic E-state index is 0.314. The Morgan fingerprint density at radius 2 is 2.04 bits per heavy atom. The van der Waals surface area contributed by atoms with Crippen LogP contribution in [0.1, 0.15) is 58.2 Å². The quantitative estimate of drug-likeness (QED) is 0.723. The van der Waals surface area contributed by atoms with Crippen LogP contribution < -0.4 is 4.74 Å². The van der Waals surface area contributed by atoms with Crippen molar-refractivity contribution < 1.29 is 14.3 Å². The summed E-state index contributed by atoms with van der Waals surface area (Å²) >= 11 is 1.33. The number of aromatic nitrogens is 1. The van der Waals surface area contributed by atoms with E-state index in [1.165, 1.54) is 22.5 Å². The summed E-state index contributed by atoms with van der Waals surface area (Å²) in [6.07, 6.45) is 0. The van der Waals surface area contributed by atoms with Gasteiger partial charge in [-0.15, -0.1) is 11.3 Å². The largest absolute Gasteiger partial charge is 0.486 e. The van der Waals surface area contributed by atoms with Gasteiger partial charge in [0, 0.05) is 0 Å². The molecule has 1 aromatic heterocycles. The van der Waals surface area contributed by atoms with E-state index in [9.17, 15) is 4.79 Å². The Balaban J connectivity index is 2.05. The normalized spacial score (nSPS) is 10.9. The van der Waals surface area contributed by atoms with Gasteiger partial charge in [-0.25, -0.2) is 9.78 Å². The summed E-state index contributed by atoms with van der Waals surface area (Å²) in [4.78, 5) is 16.7. The Morgan fingerprint density at radius 1 is 1.30 bits per heavy atom. The molecule has 0 saturated carbocycles. The molecule has 0 aliphatic carbocycles. The molecular weight excluding hydrogens is 310 g/mol. The first-order chi connectivity index (χ1) is 10.9. The van der Waals surface area contributed by atoms with Crippen molar-refractivity contribution in [2.45, 2.75) is 47.1 Å². The molecule has 1 aromatic carbocycles. The fourth-order valence-corrected chi connectivity index (χ4v) is 3.30. The number of hydrogen-bond acceptors (Lipinski definition) is 5. The molecule has 0 aliphatic rings. The molecule has 0 bridgehead atoms. The van der Waals surface area contributed by atoms with E-state index >= 15 is 0 Å². The van der Waals surface area contributed by atoms with Gasteiger partial charge in [-0.3, -0.25) is 0 Å². The third-order valence-corrected chi connectivity index (χ3v) is 4.64. The maximum Gasteiger partial charge on any atom is 0.350 e. The van der Waals surface area contributed by atoms with E-state index in [2.05, 4.69) is 31.8 Å².